The number of aliphatic hydroxyl groups is 1. The van der Waals surface area contributed by atoms with E-state index in [1.807, 2.05) is 48.2 Å². The zero-order valence-electron chi connectivity index (χ0n) is 24.1. The zero-order chi connectivity index (χ0) is 28.6. The number of nitrogens with two attached hydrogens (primary N) is 1. The van der Waals surface area contributed by atoms with Crippen LogP contribution in [0.3, 0.4) is 0 Å². The number of anilines is 1. The van der Waals surface area contributed by atoms with Gasteiger partial charge in [-0.15, -0.1) is 24.8 Å². The standard InChI is InChI=1S/C30H36FN7O2S.2ClH/c1-35-28(22-4-2-21(17-32)3-5-22)26-27(34-35)29(39)38(20-33-26)19-30(40)8-10-36(11-9-30)18-23-6-7-24(16-25(23)31)37-12-14-41-15-13-37;;/h2-7,16,20,40H,8-15,17-19,32H2,1H3;2*1H. The maximum atomic E-state index is 15.0. The van der Waals surface area contributed by atoms with Gasteiger partial charge in [0.1, 0.15) is 11.3 Å². The minimum absolute atomic E-state index is 0. The van der Waals surface area contributed by atoms with Crippen molar-refractivity contribution >= 4 is 53.3 Å². The van der Waals surface area contributed by atoms with Crippen LogP contribution in [0.5, 0.6) is 0 Å². The van der Waals surface area contributed by atoms with Gasteiger partial charge >= 0.3 is 0 Å². The molecule has 9 nitrogen and oxygen atoms in total. The van der Waals surface area contributed by atoms with Gasteiger partial charge in [-0.3, -0.25) is 18.9 Å². The summed E-state index contributed by atoms with van der Waals surface area (Å²) in [4.78, 5) is 22.4. The minimum Gasteiger partial charge on any atom is -0.388 e. The van der Waals surface area contributed by atoms with Crippen LogP contribution in [-0.2, 0) is 26.7 Å². The van der Waals surface area contributed by atoms with E-state index in [0.29, 0.717) is 50.1 Å². The molecule has 2 aliphatic rings. The van der Waals surface area contributed by atoms with Gasteiger partial charge in [0.2, 0.25) is 0 Å². The number of halogens is 3. The first-order valence-electron chi connectivity index (χ1n) is 14.1. The number of hydrogen-bond donors (Lipinski definition) is 2. The summed E-state index contributed by atoms with van der Waals surface area (Å²) in [6.07, 6.45) is 2.46. The molecule has 6 rings (SSSR count). The van der Waals surface area contributed by atoms with Crippen molar-refractivity contribution < 1.29 is 9.50 Å². The van der Waals surface area contributed by atoms with Crippen LogP contribution in [0, 0.1) is 5.82 Å². The molecule has 0 bridgehead atoms. The van der Waals surface area contributed by atoms with E-state index in [0.717, 1.165) is 47.1 Å². The fourth-order valence-corrected chi connectivity index (χ4v) is 6.76. The molecule has 232 valence electrons. The van der Waals surface area contributed by atoms with Crippen molar-refractivity contribution in [3.63, 3.8) is 0 Å². The molecule has 13 heteroatoms. The van der Waals surface area contributed by atoms with E-state index in [1.165, 1.54) is 10.9 Å². The molecule has 43 heavy (non-hydrogen) atoms. The summed E-state index contributed by atoms with van der Waals surface area (Å²) < 4.78 is 18.1. The van der Waals surface area contributed by atoms with Gasteiger partial charge in [-0.1, -0.05) is 30.3 Å². The fraction of sp³-hybridized carbons (Fsp3) is 0.433. The number of piperidine rings is 1. The van der Waals surface area contributed by atoms with Crippen LogP contribution in [0.25, 0.3) is 22.3 Å². The van der Waals surface area contributed by atoms with Crippen LogP contribution in [0.1, 0.15) is 24.0 Å². The highest BCUT2D eigenvalue weighted by Crippen LogP contribution is 2.29. The monoisotopic (exact) mass is 649 g/mol. The molecule has 0 amide bonds. The summed E-state index contributed by atoms with van der Waals surface area (Å²) in [6.45, 7) is 4.20. The van der Waals surface area contributed by atoms with Crippen molar-refractivity contribution in [1.29, 1.82) is 0 Å². The fourth-order valence-electron chi connectivity index (χ4n) is 5.86. The third kappa shape index (κ3) is 7.02. The van der Waals surface area contributed by atoms with E-state index < -0.39 is 5.60 Å². The summed E-state index contributed by atoms with van der Waals surface area (Å²) in [5.41, 5.74) is 9.49. The van der Waals surface area contributed by atoms with Gasteiger partial charge in [-0.05, 0) is 30.5 Å². The van der Waals surface area contributed by atoms with Gasteiger partial charge in [-0.2, -0.15) is 16.9 Å². The Morgan fingerprint density at radius 3 is 2.37 bits per heavy atom. The first-order chi connectivity index (χ1) is 19.8. The second-order valence-electron chi connectivity index (χ2n) is 11.1. The number of hydrogen-bond acceptors (Lipinski definition) is 8. The summed E-state index contributed by atoms with van der Waals surface area (Å²) in [5.74, 6) is 1.96. The lowest BCUT2D eigenvalue weighted by molar-refractivity contribution is -0.0366. The average Bonchev–Trinajstić information content (AvgIpc) is 3.34. The lowest BCUT2D eigenvalue weighted by Gasteiger charge is -2.38. The maximum absolute atomic E-state index is 15.0. The number of rotatable bonds is 7. The number of fused-ring (bicyclic) bond motifs is 1. The van der Waals surface area contributed by atoms with E-state index in [1.54, 1.807) is 17.8 Å². The second-order valence-corrected chi connectivity index (χ2v) is 12.3. The Kier molecular flexibility index (Phi) is 10.8. The highest BCUT2D eigenvalue weighted by Gasteiger charge is 2.34. The molecule has 0 spiro atoms. The van der Waals surface area contributed by atoms with Crippen molar-refractivity contribution in [2.24, 2.45) is 12.8 Å². The minimum atomic E-state index is -1.06. The van der Waals surface area contributed by atoms with Crippen molar-refractivity contribution in [1.82, 2.24) is 24.2 Å². The number of nitrogens with zero attached hydrogens (tertiary/aromatic N) is 6. The highest BCUT2D eigenvalue weighted by molar-refractivity contribution is 7.99. The molecule has 0 radical (unpaired) electrons. The Hall–Kier alpha value is -2.67. The van der Waals surface area contributed by atoms with Gasteiger partial charge in [0.05, 0.1) is 24.2 Å². The summed E-state index contributed by atoms with van der Waals surface area (Å²) >= 11 is 1.93. The van der Waals surface area contributed by atoms with Crippen LogP contribution in [0.4, 0.5) is 10.1 Å². The largest absolute Gasteiger partial charge is 0.388 e. The molecule has 0 aliphatic carbocycles. The third-order valence-corrected chi connectivity index (χ3v) is 9.28. The highest BCUT2D eigenvalue weighted by atomic mass is 35.5. The lowest BCUT2D eigenvalue weighted by Crippen LogP contribution is -2.47. The van der Waals surface area contributed by atoms with Crippen LogP contribution in [-0.4, -0.2) is 72.6 Å². The Morgan fingerprint density at radius 2 is 1.72 bits per heavy atom. The normalized spacial score (nSPS) is 17.0. The van der Waals surface area contributed by atoms with E-state index in [2.05, 4.69) is 19.9 Å². The Bertz CT molecular complexity index is 1600. The van der Waals surface area contributed by atoms with Gasteiger partial charge in [0.25, 0.3) is 5.56 Å². The SMILES string of the molecule is Cl.Cl.Cn1nc2c(=O)n(CC3(O)CCN(Cc4ccc(N5CCSCC5)cc4F)CC3)cnc2c1-c1ccc(CN)cc1. The molecule has 2 aromatic carbocycles. The molecule has 0 saturated carbocycles. The lowest BCUT2D eigenvalue weighted by atomic mass is 9.91. The topological polar surface area (TPSA) is 105 Å². The van der Waals surface area contributed by atoms with Crippen LogP contribution < -0.4 is 16.2 Å². The average molecular weight is 651 g/mol. The number of thioether (sulfide) groups is 1. The Balaban J connectivity index is 0.00000212. The number of aromatic nitrogens is 4. The van der Waals surface area contributed by atoms with Gasteiger partial charge in [-0.25, -0.2) is 9.37 Å². The zero-order valence-corrected chi connectivity index (χ0v) is 26.6. The van der Waals surface area contributed by atoms with Crippen LogP contribution in [0.2, 0.25) is 0 Å². The predicted octanol–water partition coefficient (Wildman–Crippen LogP) is 3.82. The molecular formula is C30H38Cl2FN7O2S. The van der Waals surface area contributed by atoms with E-state index in [4.69, 9.17) is 5.73 Å². The molecule has 2 aliphatic heterocycles. The number of benzene rings is 2. The van der Waals surface area contributed by atoms with Crippen LogP contribution in [0.15, 0.2) is 53.6 Å². The summed E-state index contributed by atoms with van der Waals surface area (Å²) in [5, 5.41) is 15.9. The van der Waals surface area contributed by atoms with Crippen LogP contribution >= 0.6 is 36.6 Å². The molecule has 2 fully saturated rings. The molecule has 0 atom stereocenters. The third-order valence-electron chi connectivity index (χ3n) is 8.33. The maximum Gasteiger partial charge on any atom is 0.281 e. The summed E-state index contributed by atoms with van der Waals surface area (Å²) in [7, 11) is 1.80. The molecule has 3 N–H and O–H groups in total. The molecule has 4 heterocycles. The first kappa shape index (κ1) is 33.2. The number of aryl methyl sites for hydroxylation is 1. The van der Waals surface area contributed by atoms with Crippen molar-refractivity contribution in [3.8, 4) is 11.3 Å². The smallest absolute Gasteiger partial charge is 0.281 e. The van der Waals surface area contributed by atoms with Gasteiger partial charge in [0, 0.05) is 74.6 Å². The molecular weight excluding hydrogens is 612 g/mol. The molecule has 2 aromatic heterocycles. The quantitative estimate of drug-likeness (QED) is 0.311. The molecule has 0 unspecified atom stereocenters. The number of likely N-dealkylation sites (tertiary alicyclic amines) is 1. The second kappa shape index (κ2) is 14.0. The molecule has 2 saturated heterocycles. The first-order valence-corrected chi connectivity index (χ1v) is 15.3. The Labute approximate surface area is 267 Å². The van der Waals surface area contributed by atoms with Crippen molar-refractivity contribution in [2.45, 2.75) is 38.1 Å². The van der Waals surface area contributed by atoms with E-state index in [-0.39, 0.29) is 48.3 Å². The van der Waals surface area contributed by atoms with Crippen molar-refractivity contribution in [2.75, 3.05) is 42.6 Å². The predicted molar refractivity (Wildman–Crippen MR) is 176 cm³/mol. The van der Waals surface area contributed by atoms with Crippen molar-refractivity contribution in [3.05, 3.63) is 76.1 Å². The van der Waals surface area contributed by atoms with E-state index in [9.17, 15) is 14.3 Å². The van der Waals surface area contributed by atoms with Gasteiger partial charge in [0.15, 0.2) is 5.52 Å². The summed E-state index contributed by atoms with van der Waals surface area (Å²) in [6, 6.07) is 13.4. The van der Waals surface area contributed by atoms with E-state index >= 15 is 0 Å². The molecule has 4 aromatic rings. The Morgan fingerprint density at radius 1 is 1.02 bits per heavy atom. The van der Waals surface area contributed by atoms with Gasteiger partial charge < -0.3 is 15.7 Å².